The Bertz CT molecular complexity index is 365. The first-order valence-electron chi connectivity index (χ1n) is 4.52. The van der Waals surface area contributed by atoms with Gasteiger partial charge in [-0.3, -0.25) is 4.79 Å². The van der Waals surface area contributed by atoms with E-state index < -0.39 is 0 Å². The van der Waals surface area contributed by atoms with Crippen LogP contribution < -0.4 is 10.1 Å². The van der Waals surface area contributed by atoms with Crippen LogP contribution in [0.15, 0.2) is 24.3 Å². The summed E-state index contributed by atoms with van der Waals surface area (Å²) in [7, 11) is 1.61. The molecular formula is C11H13N2O2+. The van der Waals surface area contributed by atoms with Crippen LogP contribution in [0.4, 0.5) is 0 Å². The smallest absolute Gasteiger partial charge is 0.339 e. The molecular weight excluding hydrogens is 192 g/mol. The molecule has 1 amide bonds. The SMILES string of the molecule is C#[N+]CC(=O)NCc1ccc(OC)cc1. The van der Waals surface area contributed by atoms with E-state index in [2.05, 4.69) is 10.2 Å². The molecule has 15 heavy (non-hydrogen) atoms. The summed E-state index contributed by atoms with van der Waals surface area (Å²) in [4.78, 5) is 14.3. The number of benzene rings is 1. The number of amides is 1. The Morgan fingerprint density at radius 1 is 1.47 bits per heavy atom. The van der Waals surface area contributed by atoms with Gasteiger partial charge in [-0.2, -0.15) is 0 Å². The lowest BCUT2D eigenvalue weighted by molar-refractivity contribution is -0.119. The molecule has 0 aliphatic rings. The van der Waals surface area contributed by atoms with Crippen molar-refractivity contribution in [3.05, 3.63) is 34.7 Å². The zero-order valence-electron chi connectivity index (χ0n) is 8.56. The summed E-state index contributed by atoms with van der Waals surface area (Å²) >= 11 is 0. The minimum absolute atomic E-state index is 0.00381. The van der Waals surface area contributed by atoms with E-state index in [0.717, 1.165) is 11.3 Å². The second kappa shape index (κ2) is 5.66. The summed E-state index contributed by atoms with van der Waals surface area (Å²) < 4.78 is 5.01. The van der Waals surface area contributed by atoms with Crippen LogP contribution in [0.25, 0.3) is 4.85 Å². The maximum atomic E-state index is 11.0. The van der Waals surface area contributed by atoms with Gasteiger partial charge in [-0.05, 0) is 17.7 Å². The molecule has 1 N–H and O–H groups in total. The van der Waals surface area contributed by atoms with Gasteiger partial charge in [0.25, 0.3) is 6.57 Å². The first-order chi connectivity index (χ1) is 7.26. The largest absolute Gasteiger partial charge is 0.497 e. The van der Waals surface area contributed by atoms with Crippen LogP contribution in [0, 0.1) is 6.57 Å². The normalized spacial score (nSPS) is 9.07. The van der Waals surface area contributed by atoms with Crippen LogP contribution in [0.5, 0.6) is 5.75 Å². The lowest BCUT2D eigenvalue weighted by atomic mass is 10.2. The predicted octanol–water partition coefficient (Wildman–Crippen LogP) is 1.27. The summed E-state index contributed by atoms with van der Waals surface area (Å²) in [5.74, 6) is 0.607. The summed E-state index contributed by atoms with van der Waals surface area (Å²) in [6, 6.07) is 7.46. The molecule has 0 heterocycles. The summed E-state index contributed by atoms with van der Waals surface area (Å²) in [5.41, 5.74) is 1.00. The predicted molar refractivity (Wildman–Crippen MR) is 58.0 cm³/mol. The van der Waals surface area contributed by atoms with Gasteiger partial charge in [-0.15, -0.1) is 0 Å². The van der Waals surface area contributed by atoms with Crippen LogP contribution in [0.2, 0.25) is 0 Å². The van der Waals surface area contributed by atoms with Gasteiger partial charge < -0.3 is 10.1 Å². The minimum atomic E-state index is -0.187. The third-order valence-electron chi connectivity index (χ3n) is 1.88. The molecule has 4 heteroatoms. The molecule has 0 aliphatic carbocycles. The number of methoxy groups -OCH3 is 1. The third-order valence-corrected chi connectivity index (χ3v) is 1.88. The average molecular weight is 205 g/mol. The van der Waals surface area contributed by atoms with Gasteiger partial charge in [-0.1, -0.05) is 17.0 Å². The molecule has 0 radical (unpaired) electrons. The maximum Gasteiger partial charge on any atom is 0.339 e. The molecule has 0 atom stereocenters. The lowest BCUT2D eigenvalue weighted by Crippen LogP contribution is -2.24. The molecule has 0 saturated carbocycles. The molecule has 0 aliphatic heterocycles. The highest BCUT2D eigenvalue weighted by molar-refractivity contribution is 5.79. The number of nitrogens with zero attached hydrogens (tertiary/aromatic N) is 1. The quantitative estimate of drug-likeness (QED) is 0.804. The highest BCUT2D eigenvalue weighted by Crippen LogP contribution is 2.10. The zero-order chi connectivity index (χ0) is 11.1. The standard InChI is InChI=1S/C11H12N2O2/c1-12-8-11(14)13-7-9-3-5-10(15-2)6-4-9/h1,3-6H,7-8H2,2H3/p+1. The molecule has 1 aromatic carbocycles. The van der Waals surface area contributed by atoms with E-state index in [4.69, 9.17) is 11.3 Å². The minimum Gasteiger partial charge on any atom is -0.497 e. The van der Waals surface area contributed by atoms with E-state index in [-0.39, 0.29) is 12.5 Å². The average Bonchev–Trinajstić information content (AvgIpc) is 2.27. The summed E-state index contributed by atoms with van der Waals surface area (Å²) in [6.07, 6.45) is 0. The van der Waals surface area contributed by atoms with E-state index in [0.29, 0.717) is 6.54 Å². The molecule has 78 valence electrons. The van der Waals surface area contributed by atoms with Crippen LogP contribution >= 0.6 is 0 Å². The summed E-state index contributed by atoms with van der Waals surface area (Å²) in [6.45, 7) is 5.35. The second-order valence-corrected chi connectivity index (χ2v) is 2.97. The highest BCUT2D eigenvalue weighted by Gasteiger charge is 2.04. The topological polar surface area (TPSA) is 42.7 Å². The van der Waals surface area contributed by atoms with E-state index in [1.54, 1.807) is 7.11 Å². The number of hydrogen-bond acceptors (Lipinski definition) is 2. The number of ether oxygens (including phenoxy) is 1. The van der Waals surface area contributed by atoms with Crippen LogP contribution in [0.3, 0.4) is 0 Å². The van der Waals surface area contributed by atoms with Gasteiger partial charge >= 0.3 is 12.5 Å². The van der Waals surface area contributed by atoms with Gasteiger partial charge in [0.05, 0.1) is 7.11 Å². The van der Waals surface area contributed by atoms with Crippen molar-refractivity contribution < 1.29 is 9.53 Å². The van der Waals surface area contributed by atoms with Gasteiger partial charge in [-0.25, -0.2) is 0 Å². The lowest BCUT2D eigenvalue weighted by Gasteiger charge is -2.03. The molecule has 0 spiro atoms. The fourth-order valence-electron chi connectivity index (χ4n) is 1.08. The Morgan fingerprint density at radius 3 is 2.67 bits per heavy atom. The Morgan fingerprint density at radius 2 is 2.13 bits per heavy atom. The molecule has 0 unspecified atom stereocenters. The van der Waals surface area contributed by atoms with Crippen molar-refractivity contribution in [1.82, 2.24) is 5.32 Å². The molecule has 1 aromatic rings. The number of nitrogens with one attached hydrogen (secondary N) is 1. The van der Waals surface area contributed by atoms with Crippen molar-refractivity contribution >= 4 is 5.91 Å². The third kappa shape index (κ3) is 3.69. The van der Waals surface area contributed by atoms with Crippen molar-refractivity contribution in [3.8, 4) is 12.3 Å². The number of carbonyl (C=O) groups excluding carboxylic acids is 1. The first kappa shape index (κ1) is 11.1. The summed E-state index contributed by atoms with van der Waals surface area (Å²) in [5, 5.41) is 2.68. The number of rotatable bonds is 4. The zero-order valence-corrected chi connectivity index (χ0v) is 8.56. The molecule has 0 saturated heterocycles. The van der Waals surface area contributed by atoms with Crippen molar-refractivity contribution in [2.24, 2.45) is 0 Å². The second-order valence-electron chi connectivity index (χ2n) is 2.97. The van der Waals surface area contributed by atoms with Crippen molar-refractivity contribution in [2.45, 2.75) is 6.54 Å². The van der Waals surface area contributed by atoms with E-state index in [9.17, 15) is 4.79 Å². The van der Waals surface area contributed by atoms with Gasteiger partial charge in [0, 0.05) is 6.54 Å². The monoisotopic (exact) mass is 205 g/mol. The van der Waals surface area contributed by atoms with E-state index >= 15 is 0 Å². The molecule has 0 fully saturated rings. The molecule has 1 rings (SSSR count). The molecule has 0 bridgehead atoms. The fraction of sp³-hybridized carbons (Fsp3) is 0.273. The van der Waals surface area contributed by atoms with Gasteiger partial charge in [0.1, 0.15) is 5.75 Å². The Balaban J connectivity index is 2.45. The van der Waals surface area contributed by atoms with Gasteiger partial charge in [0.2, 0.25) is 0 Å². The number of hydrogen-bond donors (Lipinski definition) is 1. The van der Waals surface area contributed by atoms with Crippen molar-refractivity contribution in [3.63, 3.8) is 0 Å². The first-order valence-corrected chi connectivity index (χ1v) is 4.52. The molecule has 4 nitrogen and oxygen atoms in total. The van der Waals surface area contributed by atoms with Crippen molar-refractivity contribution in [1.29, 1.82) is 0 Å². The van der Waals surface area contributed by atoms with Crippen LogP contribution in [-0.2, 0) is 11.3 Å². The Labute approximate surface area is 88.7 Å². The Hall–Kier alpha value is -2.02. The Kier molecular flexibility index (Phi) is 4.17. The van der Waals surface area contributed by atoms with Gasteiger partial charge in [0.15, 0.2) is 0 Å². The highest BCUT2D eigenvalue weighted by atomic mass is 16.5. The van der Waals surface area contributed by atoms with Crippen LogP contribution in [0.1, 0.15) is 5.56 Å². The van der Waals surface area contributed by atoms with E-state index in [1.807, 2.05) is 24.3 Å². The molecule has 0 aromatic heterocycles. The number of carbonyl (C=O) groups is 1. The maximum absolute atomic E-state index is 11.0. The fourth-order valence-corrected chi connectivity index (χ4v) is 1.08. The van der Waals surface area contributed by atoms with Crippen molar-refractivity contribution in [2.75, 3.05) is 13.7 Å². The van der Waals surface area contributed by atoms with Crippen LogP contribution in [-0.4, -0.2) is 19.6 Å². The van der Waals surface area contributed by atoms with E-state index in [1.165, 1.54) is 0 Å².